The fourth-order valence-electron chi connectivity index (χ4n) is 3.05. The van der Waals surface area contributed by atoms with Crippen LogP contribution in [0.1, 0.15) is 44.9 Å². The first kappa shape index (κ1) is 14.7. The Bertz CT molecular complexity index is 421. The summed E-state index contributed by atoms with van der Waals surface area (Å²) in [5, 5.41) is 8.96. The zero-order valence-electron chi connectivity index (χ0n) is 10.9. The predicted molar refractivity (Wildman–Crippen MR) is 69.3 cm³/mol. The molecule has 0 aromatic carbocycles. The molecule has 0 aromatic rings. The molecule has 1 saturated heterocycles. The molecule has 110 valence electrons. The second-order valence-corrected chi connectivity index (χ2v) is 7.34. The second-order valence-electron chi connectivity index (χ2n) is 5.58. The third kappa shape index (κ3) is 4.15. The van der Waals surface area contributed by atoms with Crippen molar-refractivity contribution in [2.24, 2.45) is 0 Å². The van der Waals surface area contributed by atoms with Crippen molar-refractivity contribution >= 4 is 16.0 Å². The lowest BCUT2D eigenvalue weighted by molar-refractivity contribution is -0.138. The Hall–Kier alpha value is -0.660. The van der Waals surface area contributed by atoms with E-state index < -0.39 is 21.5 Å². The molecule has 1 unspecified atom stereocenters. The zero-order valence-corrected chi connectivity index (χ0v) is 11.7. The molecule has 2 aliphatic rings. The smallest absolute Gasteiger partial charge is 0.305 e. The first-order valence-electron chi connectivity index (χ1n) is 6.76. The van der Waals surface area contributed by atoms with Crippen molar-refractivity contribution in [2.45, 2.75) is 56.6 Å². The summed E-state index contributed by atoms with van der Waals surface area (Å²) < 4.78 is 32.3. The molecule has 6 nitrogen and oxygen atoms in total. The molecule has 2 rings (SSSR count). The van der Waals surface area contributed by atoms with Crippen molar-refractivity contribution < 1.29 is 23.1 Å². The molecular formula is C12H21NO5S. The fourth-order valence-corrected chi connectivity index (χ4v) is 4.82. The molecule has 1 atom stereocenters. The van der Waals surface area contributed by atoms with Crippen LogP contribution in [0.15, 0.2) is 0 Å². The standard InChI is InChI=1S/C12H21NO5S/c14-11(15)8-12(5-1-2-6-12)13-19(16,17)9-10-4-3-7-18-10/h10,13H,1-9H2,(H,14,15). The number of nitrogens with one attached hydrogen (secondary N) is 1. The summed E-state index contributed by atoms with van der Waals surface area (Å²) in [4.78, 5) is 10.9. The number of rotatable bonds is 6. The van der Waals surface area contributed by atoms with E-state index in [-0.39, 0.29) is 18.3 Å². The quantitative estimate of drug-likeness (QED) is 0.757. The summed E-state index contributed by atoms with van der Waals surface area (Å²) in [6, 6.07) is 0. The molecule has 2 N–H and O–H groups in total. The number of hydrogen-bond donors (Lipinski definition) is 2. The molecule has 1 heterocycles. The first-order chi connectivity index (χ1) is 8.91. The summed E-state index contributed by atoms with van der Waals surface area (Å²) in [7, 11) is -3.49. The van der Waals surface area contributed by atoms with Crippen LogP contribution in [0.5, 0.6) is 0 Å². The number of carboxylic acids is 1. The van der Waals surface area contributed by atoms with Gasteiger partial charge in [0.15, 0.2) is 0 Å². The maximum atomic E-state index is 12.1. The molecule has 0 bridgehead atoms. The third-order valence-electron chi connectivity index (χ3n) is 3.85. The van der Waals surface area contributed by atoms with Crippen molar-refractivity contribution in [3.05, 3.63) is 0 Å². The van der Waals surface area contributed by atoms with Crippen LogP contribution in [0.25, 0.3) is 0 Å². The number of ether oxygens (including phenoxy) is 1. The monoisotopic (exact) mass is 291 g/mol. The van der Waals surface area contributed by atoms with E-state index in [9.17, 15) is 13.2 Å². The third-order valence-corrected chi connectivity index (χ3v) is 5.41. The van der Waals surface area contributed by atoms with E-state index in [2.05, 4.69) is 4.72 Å². The van der Waals surface area contributed by atoms with Crippen LogP contribution in [0.2, 0.25) is 0 Å². The molecule has 0 aromatic heterocycles. The normalized spacial score (nSPS) is 26.6. The van der Waals surface area contributed by atoms with Crippen molar-refractivity contribution in [1.29, 1.82) is 0 Å². The van der Waals surface area contributed by atoms with Gasteiger partial charge in [0, 0.05) is 12.1 Å². The molecule has 0 amide bonds. The summed E-state index contributed by atoms with van der Waals surface area (Å²) in [6.45, 7) is 0.612. The van der Waals surface area contributed by atoms with Gasteiger partial charge in [-0.15, -0.1) is 0 Å². The van der Waals surface area contributed by atoms with Crippen molar-refractivity contribution in [1.82, 2.24) is 4.72 Å². The molecule has 1 saturated carbocycles. The van der Waals surface area contributed by atoms with Crippen LogP contribution < -0.4 is 4.72 Å². The minimum Gasteiger partial charge on any atom is -0.481 e. The Balaban J connectivity index is 2.01. The minimum atomic E-state index is -3.49. The molecule has 2 fully saturated rings. The van der Waals surface area contributed by atoms with Crippen LogP contribution in [0.4, 0.5) is 0 Å². The maximum absolute atomic E-state index is 12.1. The lowest BCUT2D eigenvalue weighted by Crippen LogP contribution is -2.49. The number of hydrogen-bond acceptors (Lipinski definition) is 4. The van der Waals surface area contributed by atoms with Crippen LogP contribution in [0.3, 0.4) is 0 Å². The summed E-state index contributed by atoms with van der Waals surface area (Å²) >= 11 is 0. The molecular weight excluding hydrogens is 270 g/mol. The van der Waals surface area contributed by atoms with Gasteiger partial charge in [0.2, 0.25) is 10.0 Å². The van der Waals surface area contributed by atoms with Gasteiger partial charge in [-0.3, -0.25) is 4.79 Å². The predicted octanol–water partition coefficient (Wildman–Crippen LogP) is 0.872. The Morgan fingerprint density at radius 3 is 2.53 bits per heavy atom. The Morgan fingerprint density at radius 2 is 2.00 bits per heavy atom. The number of aliphatic carboxylic acids is 1. The van der Waals surface area contributed by atoms with Gasteiger partial charge in [0.25, 0.3) is 0 Å². The van der Waals surface area contributed by atoms with Crippen molar-refractivity contribution in [3.8, 4) is 0 Å². The highest BCUT2D eigenvalue weighted by Gasteiger charge is 2.40. The lowest BCUT2D eigenvalue weighted by atomic mass is 9.95. The first-order valence-corrected chi connectivity index (χ1v) is 8.41. The van der Waals surface area contributed by atoms with Crippen molar-refractivity contribution in [3.63, 3.8) is 0 Å². The van der Waals surface area contributed by atoms with E-state index in [1.54, 1.807) is 0 Å². The van der Waals surface area contributed by atoms with Crippen LogP contribution in [-0.4, -0.2) is 43.5 Å². The molecule has 1 aliphatic heterocycles. The number of sulfonamides is 1. The average Bonchev–Trinajstić information content (AvgIpc) is 2.87. The van der Waals surface area contributed by atoms with Gasteiger partial charge in [0.1, 0.15) is 0 Å². The maximum Gasteiger partial charge on any atom is 0.305 e. The van der Waals surface area contributed by atoms with E-state index in [0.29, 0.717) is 19.4 Å². The average molecular weight is 291 g/mol. The van der Waals surface area contributed by atoms with E-state index in [0.717, 1.165) is 25.7 Å². The van der Waals surface area contributed by atoms with Crippen molar-refractivity contribution in [2.75, 3.05) is 12.4 Å². The van der Waals surface area contributed by atoms with Crippen LogP contribution in [0, 0.1) is 0 Å². The van der Waals surface area contributed by atoms with E-state index in [1.807, 2.05) is 0 Å². The molecule has 1 aliphatic carbocycles. The molecule has 0 spiro atoms. The van der Waals surface area contributed by atoms with E-state index in [4.69, 9.17) is 9.84 Å². The summed E-state index contributed by atoms with van der Waals surface area (Å²) in [5.74, 6) is -1.02. The molecule has 19 heavy (non-hydrogen) atoms. The Kier molecular flexibility index (Phi) is 4.47. The van der Waals surface area contributed by atoms with E-state index in [1.165, 1.54) is 0 Å². The van der Waals surface area contributed by atoms with Gasteiger partial charge in [-0.1, -0.05) is 12.8 Å². The highest BCUT2D eigenvalue weighted by Crippen LogP contribution is 2.33. The summed E-state index contributed by atoms with van der Waals surface area (Å²) in [5.41, 5.74) is -0.788. The molecule has 7 heteroatoms. The SMILES string of the molecule is O=C(O)CC1(NS(=O)(=O)CC2CCCO2)CCCC1. The van der Waals surface area contributed by atoms with Gasteiger partial charge < -0.3 is 9.84 Å². The van der Waals surface area contributed by atoms with Gasteiger partial charge >= 0.3 is 5.97 Å². The summed E-state index contributed by atoms with van der Waals surface area (Å²) in [6.07, 6.45) is 4.20. The topological polar surface area (TPSA) is 92.7 Å². The highest BCUT2D eigenvalue weighted by molar-refractivity contribution is 7.89. The highest BCUT2D eigenvalue weighted by atomic mass is 32.2. The lowest BCUT2D eigenvalue weighted by Gasteiger charge is -2.28. The van der Waals surface area contributed by atoms with Crippen LogP contribution >= 0.6 is 0 Å². The number of carboxylic acid groups (broad SMARTS) is 1. The van der Waals surface area contributed by atoms with Gasteiger partial charge in [-0.05, 0) is 25.7 Å². The second kappa shape index (κ2) is 5.76. The number of carbonyl (C=O) groups is 1. The Labute approximate surface area is 113 Å². The molecule has 0 radical (unpaired) electrons. The zero-order chi connectivity index (χ0) is 13.9. The Morgan fingerprint density at radius 1 is 1.32 bits per heavy atom. The van der Waals surface area contributed by atoms with Crippen LogP contribution in [-0.2, 0) is 19.6 Å². The van der Waals surface area contributed by atoms with Gasteiger partial charge in [0.05, 0.1) is 18.3 Å². The largest absolute Gasteiger partial charge is 0.481 e. The minimum absolute atomic E-state index is 0.0611. The van der Waals surface area contributed by atoms with Gasteiger partial charge in [-0.25, -0.2) is 13.1 Å². The van der Waals surface area contributed by atoms with E-state index >= 15 is 0 Å². The van der Waals surface area contributed by atoms with Gasteiger partial charge in [-0.2, -0.15) is 0 Å². The fraction of sp³-hybridized carbons (Fsp3) is 0.917.